The van der Waals surface area contributed by atoms with Crippen molar-refractivity contribution in [3.8, 4) is 0 Å². The van der Waals surface area contributed by atoms with Gasteiger partial charge in [0.05, 0.1) is 18.5 Å². The predicted molar refractivity (Wildman–Crippen MR) is 61.1 cm³/mol. The SMILES string of the molecule is COCCNS(=O)(=O)Nc1ccc(N)cn1. The van der Waals surface area contributed by atoms with Gasteiger partial charge in [-0.25, -0.2) is 4.98 Å². The number of nitrogen functional groups attached to an aromatic ring is 1. The molecule has 0 saturated carbocycles. The highest BCUT2D eigenvalue weighted by molar-refractivity contribution is 7.90. The van der Waals surface area contributed by atoms with Gasteiger partial charge in [-0.1, -0.05) is 0 Å². The van der Waals surface area contributed by atoms with Crippen molar-refractivity contribution in [2.24, 2.45) is 0 Å². The lowest BCUT2D eigenvalue weighted by Gasteiger charge is -2.08. The zero-order valence-corrected chi connectivity index (χ0v) is 9.62. The Labute approximate surface area is 94.2 Å². The number of hydrogen-bond acceptors (Lipinski definition) is 5. The summed E-state index contributed by atoms with van der Waals surface area (Å²) in [6.07, 6.45) is 1.37. The molecule has 8 heteroatoms. The largest absolute Gasteiger partial charge is 0.397 e. The molecule has 0 bridgehead atoms. The van der Waals surface area contributed by atoms with E-state index in [0.29, 0.717) is 12.3 Å². The van der Waals surface area contributed by atoms with Gasteiger partial charge in [-0.2, -0.15) is 13.1 Å². The molecule has 0 aromatic carbocycles. The molecule has 0 spiro atoms. The molecule has 4 N–H and O–H groups in total. The van der Waals surface area contributed by atoms with Crippen LogP contribution >= 0.6 is 0 Å². The Kier molecular flexibility index (Phi) is 4.47. The number of rotatable bonds is 6. The Hall–Kier alpha value is -1.38. The Balaban J connectivity index is 2.55. The van der Waals surface area contributed by atoms with E-state index in [1.807, 2.05) is 0 Å². The van der Waals surface area contributed by atoms with E-state index in [9.17, 15) is 8.42 Å². The first-order chi connectivity index (χ1) is 7.53. The van der Waals surface area contributed by atoms with Crippen molar-refractivity contribution in [1.82, 2.24) is 9.71 Å². The number of hydrogen-bond donors (Lipinski definition) is 3. The average Bonchev–Trinajstić information content (AvgIpc) is 2.21. The second kappa shape index (κ2) is 5.64. The van der Waals surface area contributed by atoms with Crippen molar-refractivity contribution in [3.63, 3.8) is 0 Å². The van der Waals surface area contributed by atoms with E-state index in [4.69, 9.17) is 10.5 Å². The van der Waals surface area contributed by atoms with Crippen molar-refractivity contribution in [1.29, 1.82) is 0 Å². The molecule has 0 amide bonds. The molecule has 7 nitrogen and oxygen atoms in total. The summed E-state index contributed by atoms with van der Waals surface area (Å²) < 4.78 is 32.1. The molecular weight excluding hydrogens is 232 g/mol. The summed E-state index contributed by atoms with van der Waals surface area (Å²) in [6.45, 7) is 0.497. The smallest absolute Gasteiger partial charge is 0.300 e. The van der Waals surface area contributed by atoms with Gasteiger partial charge in [0.15, 0.2) is 0 Å². The Morgan fingerprint density at radius 1 is 1.50 bits per heavy atom. The maximum Gasteiger partial charge on any atom is 0.300 e. The second-order valence-electron chi connectivity index (χ2n) is 2.97. The van der Waals surface area contributed by atoms with Crippen LogP contribution < -0.4 is 15.2 Å². The molecule has 1 heterocycles. The summed E-state index contributed by atoms with van der Waals surface area (Å²) >= 11 is 0. The molecule has 0 unspecified atom stereocenters. The maximum absolute atomic E-state index is 11.4. The summed E-state index contributed by atoms with van der Waals surface area (Å²) in [5, 5.41) is 0. The Morgan fingerprint density at radius 3 is 2.81 bits per heavy atom. The van der Waals surface area contributed by atoms with Gasteiger partial charge >= 0.3 is 0 Å². The molecule has 0 radical (unpaired) electrons. The van der Waals surface area contributed by atoms with Crippen LogP contribution in [-0.4, -0.2) is 33.7 Å². The number of methoxy groups -OCH3 is 1. The zero-order chi connectivity index (χ0) is 12.0. The number of aromatic nitrogens is 1. The molecule has 0 fully saturated rings. The van der Waals surface area contributed by atoms with Crippen LogP contribution in [0.25, 0.3) is 0 Å². The number of nitrogens with two attached hydrogens (primary N) is 1. The molecule has 1 rings (SSSR count). The van der Waals surface area contributed by atoms with Gasteiger partial charge in [-0.3, -0.25) is 4.72 Å². The van der Waals surface area contributed by atoms with Crippen LogP contribution in [0.1, 0.15) is 0 Å². The third-order valence-electron chi connectivity index (χ3n) is 1.62. The fraction of sp³-hybridized carbons (Fsp3) is 0.375. The normalized spacial score (nSPS) is 11.3. The van der Waals surface area contributed by atoms with Gasteiger partial charge in [0, 0.05) is 13.7 Å². The van der Waals surface area contributed by atoms with E-state index >= 15 is 0 Å². The number of ether oxygens (including phenoxy) is 1. The molecular formula is C8H14N4O3S. The first-order valence-electron chi connectivity index (χ1n) is 4.51. The summed E-state index contributed by atoms with van der Waals surface area (Å²) in [6, 6.07) is 3.03. The van der Waals surface area contributed by atoms with E-state index in [0.717, 1.165) is 0 Å². The Morgan fingerprint density at radius 2 is 2.25 bits per heavy atom. The molecule has 1 aromatic rings. The molecule has 90 valence electrons. The van der Waals surface area contributed by atoms with Gasteiger partial charge in [0.25, 0.3) is 10.2 Å². The minimum absolute atomic E-state index is 0.195. The number of anilines is 2. The molecule has 0 aliphatic carbocycles. The summed E-state index contributed by atoms with van der Waals surface area (Å²) in [5.74, 6) is 0.208. The molecule has 1 aromatic heterocycles. The van der Waals surface area contributed by atoms with E-state index in [1.54, 1.807) is 6.07 Å². The third-order valence-corrected chi connectivity index (χ3v) is 2.69. The van der Waals surface area contributed by atoms with Crippen molar-refractivity contribution in [3.05, 3.63) is 18.3 Å². The minimum atomic E-state index is -3.60. The van der Waals surface area contributed by atoms with Gasteiger partial charge < -0.3 is 10.5 Å². The summed E-state index contributed by atoms with van der Waals surface area (Å²) in [4.78, 5) is 3.81. The molecule has 16 heavy (non-hydrogen) atoms. The minimum Gasteiger partial charge on any atom is -0.397 e. The highest BCUT2D eigenvalue weighted by atomic mass is 32.2. The fourth-order valence-electron chi connectivity index (χ4n) is 0.918. The van der Waals surface area contributed by atoms with Gasteiger partial charge in [-0.15, -0.1) is 0 Å². The number of nitrogens with zero attached hydrogens (tertiary/aromatic N) is 1. The Bertz CT molecular complexity index is 417. The van der Waals surface area contributed by atoms with Crippen LogP contribution in [-0.2, 0) is 14.9 Å². The van der Waals surface area contributed by atoms with Gasteiger partial charge in [0.1, 0.15) is 5.82 Å². The van der Waals surface area contributed by atoms with Crippen molar-refractivity contribution in [2.45, 2.75) is 0 Å². The quantitative estimate of drug-likeness (QED) is 0.590. The maximum atomic E-state index is 11.4. The lowest BCUT2D eigenvalue weighted by Crippen LogP contribution is -2.32. The number of pyridine rings is 1. The van der Waals surface area contributed by atoms with E-state index in [2.05, 4.69) is 14.4 Å². The van der Waals surface area contributed by atoms with Crippen LogP contribution in [0.3, 0.4) is 0 Å². The van der Waals surface area contributed by atoms with Crippen molar-refractivity contribution < 1.29 is 13.2 Å². The lowest BCUT2D eigenvalue weighted by molar-refractivity contribution is 0.204. The first kappa shape index (κ1) is 12.7. The van der Waals surface area contributed by atoms with Gasteiger partial charge in [0.2, 0.25) is 0 Å². The predicted octanol–water partition coefficient (Wildman–Crippen LogP) is -0.443. The van der Waals surface area contributed by atoms with Crippen molar-refractivity contribution in [2.75, 3.05) is 30.7 Å². The van der Waals surface area contributed by atoms with E-state index in [1.165, 1.54) is 19.4 Å². The lowest BCUT2D eigenvalue weighted by atomic mass is 10.4. The summed E-state index contributed by atoms with van der Waals surface area (Å²) in [5.41, 5.74) is 5.88. The van der Waals surface area contributed by atoms with Crippen LogP contribution in [0, 0.1) is 0 Å². The molecule has 0 aliphatic rings. The van der Waals surface area contributed by atoms with E-state index < -0.39 is 10.2 Å². The average molecular weight is 246 g/mol. The highest BCUT2D eigenvalue weighted by Crippen LogP contribution is 2.06. The molecule has 0 saturated heterocycles. The topological polar surface area (TPSA) is 106 Å². The van der Waals surface area contributed by atoms with Crippen LogP contribution in [0.4, 0.5) is 11.5 Å². The molecule has 0 aliphatic heterocycles. The molecule has 0 atom stereocenters. The second-order valence-corrected chi connectivity index (χ2v) is 4.47. The van der Waals surface area contributed by atoms with Crippen LogP contribution in [0.2, 0.25) is 0 Å². The monoisotopic (exact) mass is 246 g/mol. The van der Waals surface area contributed by atoms with Crippen LogP contribution in [0.15, 0.2) is 18.3 Å². The summed E-state index contributed by atoms with van der Waals surface area (Å²) in [7, 11) is -2.11. The fourth-order valence-corrected chi connectivity index (χ4v) is 1.74. The van der Waals surface area contributed by atoms with E-state index in [-0.39, 0.29) is 12.4 Å². The first-order valence-corrected chi connectivity index (χ1v) is 6.00. The highest BCUT2D eigenvalue weighted by Gasteiger charge is 2.08. The standard InChI is InChI=1S/C8H14N4O3S/c1-15-5-4-11-16(13,14)12-8-3-2-7(9)6-10-8/h2-3,6,11H,4-5,9H2,1H3,(H,10,12). The zero-order valence-electron chi connectivity index (χ0n) is 8.80. The number of nitrogens with one attached hydrogen (secondary N) is 2. The third kappa shape index (κ3) is 4.43. The van der Waals surface area contributed by atoms with Gasteiger partial charge in [-0.05, 0) is 12.1 Å². The van der Waals surface area contributed by atoms with Crippen LogP contribution in [0.5, 0.6) is 0 Å². The van der Waals surface area contributed by atoms with Crippen molar-refractivity contribution >= 4 is 21.7 Å².